The Kier molecular flexibility index (Phi) is 5.19. The molecular weight excluding hydrogens is 216 g/mol. The highest BCUT2D eigenvalue weighted by molar-refractivity contribution is 7.80. The molecule has 0 saturated carbocycles. The summed E-state index contributed by atoms with van der Waals surface area (Å²) in [7, 11) is 0. The van der Waals surface area contributed by atoms with Gasteiger partial charge in [-0.15, -0.1) is 0 Å². The van der Waals surface area contributed by atoms with E-state index in [4.69, 9.17) is 18.0 Å². The monoisotopic (exact) mass is 242 g/mol. The van der Waals surface area contributed by atoms with Crippen LogP contribution in [0.5, 0.6) is 0 Å². The van der Waals surface area contributed by atoms with Crippen molar-refractivity contribution in [2.45, 2.75) is 46.5 Å². The third kappa shape index (κ3) is 4.38. The van der Waals surface area contributed by atoms with E-state index in [1.165, 1.54) is 32.4 Å². The van der Waals surface area contributed by atoms with Crippen LogP contribution in [0.25, 0.3) is 0 Å². The molecule has 1 aliphatic rings. The van der Waals surface area contributed by atoms with Crippen molar-refractivity contribution >= 4 is 17.2 Å². The van der Waals surface area contributed by atoms with Gasteiger partial charge in [0.1, 0.15) is 0 Å². The third-order valence-electron chi connectivity index (χ3n) is 3.83. The van der Waals surface area contributed by atoms with E-state index in [1.807, 2.05) is 0 Å². The van der Waals surface area contributed by atoms with Gasteiger partial charge in [0.25, 0.3) is 0 Å². The SMILES string of the molecule is CC1CCCN(CCC(C)(C)C(N)=S)CC1. The van der Waals surface area contributed by atoms with Gasteiger partial charge in [0.15, 0.2) is 0 Å². The second-order valence-electron chi connectivity index (χ2n) is 5.88. The van der Waals surface area contributed by atoms with Gasteiger partial charge < -0.3 is 10.6 Å². The summed E-state index contributed by atoms with van der Waals surface area (Å²) in [6.45, 7) is 10.3. The fourth-order valence-electron chi connectivity index (χ4n) is 2.11. The Bertz CT molecular complexity index is 238. The number of hydrogen-bond acceptors (Lipinski definition) is 2. The number of nitrogens with two attached hydrogens (primary N) is 1. The van der Waals surface area contributed by atoms with E-state index in [0.29, 0.717) is 4.99 Å². The van der Waals surface area contributed by atoms with E-state index in [0.717, 1.165) is 18.9 Å². The lowest BCUT2D eigenvalue weighted by Crippen LogP contribution is -2.35. The zero-order chi connectivity index (χ0) is 12.2. The molecule has 0 aliphatic carbocycles. The summed E-state index contributed by atoms with van der Waals surface area (Å²) in [6.07, 6.45) is 5.15. The highest BCUT2D eigenvalue weighted by Crippen LogP contribution is 2.23. The summed E-state index contributed by atoms with van der Waals surface area (Å²) in [5, 5.41) is 0. The van der Waals surface area contributed by atoms with Gasteiger partial charge >= 0.3 is 0 Å². The van der Waals surface area contributed by atoms with Crippen molar-refractivity contribution in [1.82, 2.24) is 4.90 Å². The first kappa shape index (κ1) is 13.9. The predicted molar refractivity (Wildman–Crippen MR) is 74.6 cm³/mol. The minimum absolute atomic E-state index is 0.00720. The molecule has 0 bridgehead atoms. The standard InChI is InChI=1S/C13H26N2S/c1-11-5-4-8-15(9-6-11)10-7-13(2,3)12(14)16/h11H,4-10H2,1-3H3,(H2,14,16). The third-order valence-corrected chi connectivity index (χ3v) is 4.38. The maximum absolute atomic E-state index is 5.75. The predicted octanol–water partition coefficient (Wildman–Crippen LogP) is 2.81. The van der Waals surface area contributed by atoms with Crippen molar-refractivity contribution in [2.75, 3.05) is 19.6 Å². The highest BCUT2D eigenvalue weighted by Gasteiger charge is 2.23. The first-order chi connectivity index (χ1) is 7.42. The Balaban J connectivity index is 2.34. The number of hydrogen-bond donors (Lipinski definition) is 1. The van der Waals surface area contributed by atoms with E-state index in [1.54, 1.807) is 0 Å². The molecular formula is C13H26N2S. The molecule has 16 heavy (non-hydrogen) atoms. The van der Waals surface area contributed by atoms with Crippen molar-refractivity contribution < 1.29 is 0 Å². The van der Waals surface area contributed by atoms with E-state index in [2.05, 4.69) is 25.7 Å². The van der Waals surface area contributed by atoms with Gasteiger partial charge in [-0.2, -0.15) is 0 Å². The smallest absolute Gasteiger partial charge is 0.0784 e. The van der Waals surface area contributed by atoms with Crippen LogP contribution in [0.2, 0.25) is 0 Å². The van der Waals surface area contributed by atoms with Crippen LogP contribution in [-0.2, 0) is 0 Å². The van der Waals surface area contributed by atoms with Crippen LogP contribution in [-0.4, -0.2) is 29.5 Å². The maximum Gasteiger partial charge on any atom is 0.0784 e. The number of rotatable bonds is 4. The van der Waals surface area contributed by atoms with Crippen LogP contribution >= 0.6 is 12.2 Å². The summed E-state index contributed by atoms with van der Waals surface area (Å²) in [4.78, 5) is 3.22. The van der Waals surface area contributed by atoms with Crippen LogP contribution in [0.1, 0.15) is 46.5 Å². The quantitative estimate of drug-likeness (QED) is 0.769. The minimum Gasteiger partial charge on any atom is -0.393 e. The van der Waals surface area contributed by atoms with Gasteiger partial charge in [-0.1, -0.05) is 33.0 Å². The lowest BCUT2D eigenvalue weighted by atomic mass is 9.89. The Morgan fingerprint density at radius 3 is 2.69 bits per heavy atom. The van der Waals surface area contributed by atoms with E-state index in [-0.39, 0.29) is 5.41 Å². The lowest BCUT2D eigenvalue weighted by Gasteiger charge is -2.27. The maximum atomic E-state index is 5.75. The Hall–Kier alpha value is -0.150. The van der Waals surface area contributed by atoms with Crippen molar-refractivity contribution in [3.63, 3.8) is 0 Å². The molecule has 2 N–H and O–H groups in total. The summed E-state index contributed by atoms with van der Waals surface area (Å²) >= 11 is 5.10. The van der Waals surface area contributed by atoms with Crippen LogP contribution < -0.4 is 5.73 Å². The van der Waals surface area contributed by atoms with Crippen LogP contribution in [0, 0.1) is 11.3 Å². The van der Waals surface area contributed by atoms with E-state index in [9.17, 15) is 0 Å². The molecule has 94 valence electrons. The lowest BCUT2D eigenvalue weighted by molar-refractivity contribution is 0.252. The van der Waals surface area contributed by atoms with Gasteiger partial charge in [0.2, 0.25) is 0 Å². The second-order valence-corrected chi connectivity index (χ2v) is 6.32. The molecule has 1 fully saturated rings. The van der Waals surface area contributed by atoms with Gasteiger partial charge in [-0.3, -0.25) is 0 Å². The molecule has 1 saturated heterocycles. The normalized spacial score (nSPS) is 24.1. The molecule has 1 rings (SSSR count). The molecule has 1 unspecified atom stereocenters. The fourth-order valence-corrected chi connectivity index (χ4v) is 2.21. The summed E-state index contributed by atoms with van der Waals surface area (Å²) in [5.74, 6) is 0.897. The average molecular weight is 242 g/mol. The zero-order valence-electron chi connectivity index (χ0n) is 11.0. The number of nitrogens with zero attached hydrogens (tertiary/aromatic N) is 1. The molecule has 0 aromatic heterocycles. The Labute approximate surface area is 106 Å². The second kappa shape index (κ2) is 5.97. The topological polar surface area (TPSA) is 29.3 Å². The van der Waals surface area contributed by atoms with Crippen LogP contribution in [0.15, 0.2) is 0 Å². The Morgan fingerprint density at radius 2 is 2.06 bits per heavy atom. The van der Waals surface area contributed by atoms with Crippen LogP contribution in [0.4, 0.5) is 0 Å². The molecule has 2 nitrogen and oxygen atoms in total. The van der Waals surface area contributed by atoms with Gasteiger partial charge in [0.05, 0.1) is 4.99 Å². The van der Waals surface area contributed by atoms with Crippen molar-refractivity contribution in [1.29, 1.82) is 0 Å². The van der Waals surface area contributed by atoms with Crippen LogP contribution in [0.3, 0.4) is 0 Å². The largest absolute Gasteiger partial charge is 0.393 e. The molecule has 0 spiro atoms. The molecule has 0 aromatic carbocycles. The first-order valence-corrected chi connectivity index (χ1v) is 6.85. The average Bonchev–Trinajstić information content (AvgIpc) is 2.40. The van der Waals surface area contributed by atoms with Crippen molar-refractivity contribution in [3.05, 3.63) is 0 Å². The molecule has 1 heterocycles. The van der Waals surface area contributed by atoms with Crippen molar-refractivity contribution in [2.24, 2.45) is 17.1 Å². The fraction of sp³-hybridized carbons (Fsp3) is 0.923. The Morgan fingerprint density at radius 1 is 1.38 bits per heavy atom. The number of thiocarbonyl (C=S) groups is 1. The first-order valence-electron chi connectivity index (χ1n) is 6.44. The van der Waals surface area contributed by atoms with Crippen molar-refractivity contribution in [3.8, 4) is 0 Å². The highest BCUT2D eigenvalue weighted by atomic mass is 32.1. The van der Waals surface area contributed by atoms with Gasteiger partial charge in [-0.05, 0) is 51.2 Å². The minimum atomic E-state index is 0.00720. The molecule has 1 aliphatic heterocycles. The van der Waals surface area contributed by atoms with Gasteiger partial charge in [0, 0.05) is 5.41 Å². The molecule has 0 aromatic rings. The summed E-state index contributed by atoms with van der Waals surface area (Å²) in [6, 6.07) is 0. The summed E-state index contributed by atoms with van der Waals surface area (Å²) < 4.78 is 0. The zero-order valence-corrected chi connectivity index (χ0v) is 11.8. The summed E-state index contributed by atoms with van der Waals surface area (Å²) in [5.41, 5.74) is 5.76. The van der Waals surface area contributed by atoms with E-state index < -0.39 is 0 Å². The molecule has 3 heteroatoms. The van der Waals surface area contributed by atoms with Gasteiger partial charge in [-0.25, -0.2) is 0 Å². The molecule has 0 amide bonds. The number of likely N-dealkylation sites (tertiary alicyclic amines) is 1. The van der Waals surface area contributed by atoms with E-state index >= 15 is 0 Å². The molecule has 0 radical (unpaired) electrons. The molecule has 1 atom stereocenters.